The van der Waals surface area contributed by atoms with Crippen LogP contribution in [0.3, 0.4) is 0 Å². The first-order chi connectivity index (χ1) is 26.6. The number of imide groups is 1. The number of carbonyl (C=O) groups is 3. The highest BCUT2D eigenvalue weighted by molar-refractivity contribution is 6.34. The number of anilines is 1. The Bertz CT molecular complexity index is 2120. The molecule has 0 unspecified atom stereocenters. The van der Waals surface area contributed by atoms with Gasteiger partial charge in [0, 0.05) is 81.5 Å². The van der Waals surface area contributed by atoms with E-state index in [1.54, 1.807) is 56.4 Å². The first-order valence-corrected chi connectivity index (χ1v) is 19.3. The highest BCUT2D eigenvalue weighted by atomic mass is 35.5. The van der Waals surface area contributed by atoms with Crippen molar-refractivity contribution in [1.29, 1.82) is 0 Å². The van der Waals surface area contributed by atoms with Crippen LogP contribution < -0.4 is 25.2 Å². The third kappa shape index (κ3) is 8.34. The molecule has 4 amide bonds. The fourth-order valence-electron chi connectivity index (χ4n) is 7.97. The number of nitrogens with zero attached hydrogens (tertiary/aromatic N) is 5. The first kappa shape index (κ1) is 38.3. The Balaban J connectivity index is 0.882. The van der Waals surface area contributed by atoms with Crippen LogP contribution >= 0.6 is 11.6 Å². The smallest absolute Gasteiger partial charge is 0.328 e. The van der Waals surface area contributed by atoms with Crippen molar-refractivity contribution in [1.82, 2.24) is 24.7 Å². The van der Waals surface area contributed by atoms with E-state index >= 15 is 0 Å². The van der Waals surface area contributed by atoms with Crippen LogP contribution in [0.5, 0.6) is 11.5 Å². The van der Waals surface area contributed by atoms with Gasteiger partial charge in [-0.15, -0.1) is 0 Å². The summed E-state index contributed by atoms with van der Waals surface area (Å²) in [5, 5.41) is 4.04. The molecule has 0 aliphatic carbocycles. The van der Waals surface area contributed by atoms with Gasteiger partial charge < -0.3 is 28.6 Å². The lowest BCUT2D eigenvalue weighted by Gasteiger charge is -2.37. The topological polar surface area (TPSA) is 136 Å². The van der Waals surface area contributed by atoms with Gasteiger partial charge in [-0.3, -0.25) is 29.6 Å². The van der Waals surface area contributed by atoms with Gasteiger partial charge in [0.1, 0.15) is 11.5 Å². The summed E-state index contributed by atoms with van der Waals surface area (Å²) in [6.07, 6.45) is 10.8. The maximum absolute atomic E-state index is 13.4. The maximum atomic E-state index is 13.4. The second-order valence-electron chi connectivity index (χ2n) is 14.4. The molecule has 0 radical (unpaired) electrons. The number of ether oxygens (including phenoxy) is 3. The third-order valence-corrected chi connectivity index (χ3v) is 11.3. The quantitative estimate of drug-likeness (QED) is 0.212. The summed E-state index contributed by atoms with van der Waals surface area (Å²) in [6.45, 7) is 4.27. The molecule has 3 aliphatic rings. The van der Waals surface area contributed by atoms with Gasteiger partial charge in [0.25, 0.3) is 11.5 Å². The number of pyridine rings is 2. The minimum atomic E-state index is -0.539. The van der Waals surface area contributed by atoms with Crippen molar-refractivity contribution in [2.24, 2.45) is 7.05 Å². The van der Waals surface area contributed by atoms with Crippen LogP contribution in [0.2, 0.25) is 5.02 Å². The van der Waals surface area contributed by atoms with E-state index in [9.17, 15) is 19.2 Å². The van der Waals surface area contributed by atoms with Crippen molar-refractivity contribution in [3.05, 3.63) is 81.5 Å². The number of piperidine rings is 2. The molecule has 4 aromatic rings. The fourth-order valence-corrected chi connectivity index (χ4v) is 8.19. The number of hydrogen-bond donors (Lipinski definition) is 1. The van der Waals surface area contributed by atoms with Crippen LogP contribution in [0, 0.1) is 0 Å². The van der Waals surface area contributed by atoms with Gasteiger partial charge >= 0.3 is 6.03 Å². The number of aryl methyl sites for hydroxylation is 1. The Morgan fingerprint density at radius 1 is 0.909 bits per heavy atom. The predicted molar refractivity (Wildman–Crippen MR) is 210 cm³/mol. The third-order valence-electron chi connectivity index (χ3n) is 11.0. The van der Waals surface area contributed by atoms with E-state index in [1.807, 2.05) is 29.3 Å². The largest absolute Gasteiger partial charge is 0.496 e. The predicted octanol–water partition coefficient (Wildman–Crippen LogP) is 5.44. The lowest BCUT2D eigenvalue weighted by molar-refractivity contribution is -0.120. The van der Waals surface area contributed by atoms with E-state index in [0.717, 1.165) is 91.7 Å². The number of halogens is 1. The number of carbonyl (C=O) groups excluding carboxylic acids is 3. The number of urea groups is 1. The van der Waals surface area contributed by atoms with Crippen LogP contribution in [0.15, 0.2) is 59.8 Å². The molecule has 3 fully saturated rings. The number of fused-ring (bicyclic) bond motifs is 1. The van der Waals surface area contributed by atoms with E-state index < -0.39 is 6.03 Å². The normalized spacial score (nSPS) is 17.5. The number of nitrogens with one attached hydrogen (secondary N) is 1. The summed E-state index contributed by atoms with van der Waals surface area (Å²) in [7, 11) is 5.10. The van der Waals surface area contributed by atoms with Crippen LogP contribution in [0.25, 0.3) is 21.9 Å². The summed E-state index contributed by atoms with van der Waals surface area (Å²) in [4.78, 5) is 60.1. The molecular weight excluding hydrogens is 724 g/mol. The Labute approximate surface area is 325 Å². The molecule has 7 rings (SSSR count). The van der Waals surface area contributed by atoms with E-state index in [-0.39, 0.29) is 42.5 Å². The van der Waals surface area contributed by atoms with Crippen LogP contribution in [-0.2, 0) is 23.0 Å². The zero-order valence-electron chi connectivity index (χ0n) is 31.5. The first-order valence-electron chi connectivity index (χ1n) is 18.9. The van der Waals surface area contributed by atoms with Crippen molar-refractivity contribution < 1.29 is 28.6 Å². The molecule has 3 saturated heterocycles. The number of amides is 4. The minimum Gasteiger partial charge on any atom is -0.496 e. The summed E-state index contributed by atoms with van der Waals surface area (Å²) in [6, 6.07) is 10.3. The zero-order valence-corrected chi connectivity index (χ0v) is 32.3. The van der Waals surface area contributed by atoms with E-state index in [1.165, 1.54) is 4.90 Å². The minimum absolute atomic E-state index is 0.0909. The number of hydrogen-bond acceptors (Lipinski definition) is 9. The standard InChI is InChI=1S/C41H47ClN6O7/c1-45-25-33(30-8-14-43-24-32(30)40(45)51)27-22-36(53-2)31(37(23-27)54-3)5-4-15-46-16-9-28(10-17-46)55-29-11-18-47(19-12-29)39(50)26-6-7-34(42)35(21-26)48-20-13-38(49)44-41(48)52/h6-8,14,21-25,28-29H,4-5,9-13,15-20H2,1-3H3,(H,44,49,52). The average molecular weight is 771 g/mol. The van der Waals surface area contributed by atoms with Crippen molar-refractivity contribution >= 4 is 45.9 Å². The average Bonchev–Trinajstić information content (AvgIpc) is 3.20. The van der Waals surface area contributed by atoms with Gasteiger partial charge in [-0.05, 0) is 92.4 Å². The Hall–Kier alpha value is -4.98. The molecule has 0 atom stereocenters. The van der Waals surface area contributed by atoms with Crippen LogP contribution in [-0.4, -0.2) is 103 Å². The van der Waals surface area contributed by atoms with E-state index in [2.05, 4.69) is 15.2 Å². The molecule has 13 nitrogen and oxygen atoms in total. The molecule has 1 N–H and O–H groups in total. The molecule has 0 bridgehead atoms. The van der Waals surface area contributed by atoms with E-state index in [4.69, 9.17) is 25.8 Å². The highest BCUT2D eigenvalue weighted by Crippen LogP contribution is 2.38. The summed E-state index contributed by atoms with van der Waals surface area (Å²) in [5.41, 5.74) is 3.62. The lowest BCUT2D eigenvalue weighted by Crippen LogP contribution is -2.49. The second-order valence-corrected chi connectivity index (χ2v) is 14.8. The number of methoxy groups -OCH3 is 2. The fraction of sp³-hybridized carbons (Fsp3) is 0.439. The van der Waals surface area contributed by atoms with Crippen molar-refractivity contribution in [2.75, 3.05) is 58.4 Å². The van der Waals surface area contributed by atoms with Crippen LogP contribution in [0.4, 0.5) is 10.5 Å². The molecule has 0 saturated carbocycles. The van der Waals surface area contributed by atoms with Gasteiger partial charge in [-0.2, -0.15) is 0 Å². The molecule has 5 heterocycles. The Morgan fingerprint density at radius 3 is 2.27 bits per heavy atom. The zero-order chi connectivity index (χ0) is 38.6. The molecule has 0 spiro atoms. The Morgan fingerprint density at radius 2 is 1.60 bits per heavy atom. The molecular formula is C41H47ClN6O7. The molecule has 290 valence electrons. The number of benzene rings is 2. The summed E-state index contributed by atoms with van der Waals surface area (Å²) < 4.78 is 19.9. The van der Waals surface area contributed by atoms with Gasteiger partial charge in [-0.25, -0.2) is 4.79 Å². The van der Waals surface area contributed by atoms with Gasteiger partial charge in [0.2, 0.25) is 5.91 Å². The van der Waals surface area contributed by atoms with Crippen LogP contribution in [0.1, 0.15) is 54.4 Å². The molecule has 2 aromatic carbocycles. The molecule has 14 heteroatoms. The second kappa shape index (κ2) is 16.8. The maximum Gasteiger partial charge on any atom is 0.328 e. The van der Waals surface area contributed by atoms with Gasteiger partial charge in [0.05, 0.1) is 42.5 Å². The van der Waals surface area contributed by atoms with Crippen molar-refractivity contribution in [3.8, 4) is 22.6 Å². The number of likely N-dealkylation sites (tertiary alicyclic amines) is 2. The van der Waals surface area contributed by atoms with E-state index in [0.29, 0.717) is 34.7 Å². The highest BCUT2D eigenvalue weighted by Gasteiger charge is 2.30. The Kier molecular flexibility index (Phi) is 11.7. The van der Waals surface area contributed by atoms with Crippen molar-refractivity contribution in [3.63, 3.8) is 0 Å². The summed E-state index contributed by atoms with van der Waals surface area (Å²) >= 11 is 6.39. The lowest BCUT2D eigenvalue weighted by atomic mass is 9.97. The number of aromatic nitrogens is 2. The number of rotatable bonds is 11. The molecule has 55 heavy (non-hydrogen) atoms. The molecule has 2 aromatic heterocycles. The van der Waals surface area contributed by atoms with Gasteiger partial charge in [-0.1, -0.05) is 11.6 Å². The summed E-state index contributed by atoms with van der Waals surface area (Å²) in [5.74, 6) is 1.08. The SMILES string of the molecule is COc1cc(-c2cn(C)c(=O)c3cnccc23)cc(OC)c1CCCN1CCC(OC2CCN(C(=O)c3ccc(Cl)c(N4CCC(=O)NC4=O)c3)CC2)CC1. The van der Waals surface area contributed by atoms with Crippen molar-refractivity contribution in [2.45, 2.75) is 57.2 Å². The monoisotopic (exact) mass is 770 g/mol. The van der Waals surface area contributed by atoms with Gasteiger partial charge in [0.15, 0.2) is 0 Å². The molecule has 3 aliphatic heterocycles.